The van der Waals surface area contributed by atoms with E-state index in [1.807, 2.05) is 22.9 Å². The second kappa shape index (κ2) is 6.90. The molecule has 0 saturated carbocycles. The third-order valence-corrected chi connectivity index (χ3v) is 4.93. The van der Waals surface area contributed by atoms with Crippen LogP contribution >= 0.6 is 11.6 Å². The Morgan fingerprint density at radius 3 is 2.85 bits per heavy atom. The van der Waals surface area contributed by atoms with Crippen molar-refractivity contribution in [1.29, 1.82) is 0 Å². The average Bonchev–Trinajstić information content (AvgIpc) is 3.27. The van der Waals surface area contributed by atoms with E-state index in [9.17, 15) is 9.90 Å². The van der Waals surface area contributed by atoms with E-state index in [0.29, 0.717) is 11.4 Å². The zero-order valence-corrected chi connectivity index (χ0v) is 14.7. The average molecular weight is 369 g/mol. The van der Waals surface area contributed by atoms with Gasteiger partial charge < -0.3 is 9.67 Å². The summed E-state index contributed by atoms with van der Waals surface area (Å²) in [4.78, 5) is 22.2. The van der Waals surface area contributed by atoms with Crippen molar-refractivity contribution in [3.8, 4) is 11.4 Å². The Balaban J connectivity index is 1.44. The highest BCUT2D eigenvalue weighted by molar-refractivity contribution is 6.31. The van der Waals surface area contributed by atoms with Crippen LogP contribution in [0.2, 0.25) is 5.02 Å². The van der Waals surface area contributed by atoms with Gasteiger partial charge in [-0.15, -0.1) is 0 Å². The molecule has 132 valence electrons. The van der Waals surface area contributed by atoms with Crippen molar-refractivity contribution in [3.63, 3.8) is 0 Å². The molecule has 0 saturated heterocycles. The summed E-state index contributed by atoms with van der Waals surface area (Å²) in [5, 5.41) is 10.1. The number of carboxylic acid groups (broad SMARTS) is 1. The third-order valence-electron chi connectivity index (χ3n) is 4.58. The molecule has 1 N–H and O–H groups in total. The molecule has 0 fully saturated rings. The van der Waals surface area contributed by atoms with Crippen LogP contribution in [0.4, 0.5) is 0 Å². The molecule has 0 amide bonds. The van der Waals surface area contributed by atoms with Gasteiger partial charge >= 0.3 is 5.97 Å². The number of carboxylic acids is 1. The molecule has 0 aliphatic carbocycles. The van der Waals surface area contributed by atoms with Crippen molar-refractivity contribution >= 4 is 17.6 Å². The van der Waals surface area contributed by atoms with Crippen LogP contribution < -0.4 is 0 Å². The quantitative estimate of drug-likeness (QED) is 0.748. The number of hydrogen-bond acceptors (Lipinski definition) is 4. The maximum Gasteiger partial charge on any atom is 0.337 e. The Morgan fingerprint density at radius 2 is 2.04 bits per heavy atom. The van der Waals surface area contributed by atoms with Crippen LogP contribution in [0, 0.1) is 0 Å². The third kappa shape index (κ3) is 3.21. The first kappa shape index (κ1) is 16.8. The van der Waals surface area contributed by atoms with Crippen LogP contribution in [0.5, 0.6) is 0 Å². The Hall–Kier alpha value is -2.70. The van der Waals surface area contributed by atoms with E-state index in [2.05, 4.69) is 20.9 Å². The monoisotopic (exact) mass is 368 g/mol. The SMILES string of the molecule is O=C(O)c1cccnc1-c1cn(CCN2Cc3cccc(Cl)c3C2)cn1. The van der Waals surface area contributed by atoms with Crippen LogP contribution in [-0.2, 0) is 19.6 Å². The van der Waals surface area contributed by atoms with Gasteiger partial charge in [0.25, 0.3) is 0 Å². The van der Waals surface area contributed by atoms with Crippen LogP contribution in [0.25, 0.3) is 11.4 Å². The van der Waals surface area contributed by atoms with E-state index in [1.165, 1.54) is 17.2 Å². The number of aromatic nitrogens is 3. The lowest BCUT2D eigenvalue weighted by Gasteiger charge is -2.14. The van der Waals surface area contributed by atoms with Crippen molar-refractivity contribution < 1.29 is 9.90 Å². The van der Waals surface area contributed by atoms with Gasteiger partial charge in [0, 0.05) is 43.6 Å². The highest BCUT2D eigenvalue weighted by atomic mass is 35.5. The van der Waals surface area contributed by atoms with Crippen LogP contribution in [0.15, 0.2) is 49.1 Å². The number of carbonyl (C=O) groups is 1. The maximum atomic E-state index is 11.3. The molecule has 1 aliphatic rings. The number of pyridine rings is 1. The molecule has 1 aliphatic heterocycles. The molecular formula is C19H17ClN4O2. The molecule has 3 heterocycles. The van der Waals surface area contributed by atoms with Crippen molar-refractivity contribution in [2.24, 2.45) is 0 Å². The topological polar surface area (TPSA) is 71.2 Å². The molecule has 0 radical (unpaired) electrons. The van der Waals surface area contributed by atoms with E-state index >= 15 is 0 Å². The number of rotatable bonds is 5. The van der Waals surface area contributed by atoms with Gasteiger partial charge in [-0.3, -0.25) is 9.88 Å². The Kier molecular flexibility index (Phi) is 4.44. The van der Waals surface area contributed by atoms with Crippen molar-refractivity contribution in [2.75, 3.05) is 6.54 Å². The normalized spacial score (nSPS) is 13.7. The predicted molar refractivity (Wildman–Crippen MR) is 98.0 cm³/mol. The Labute approximate surface area is 155 Å². The van der Waals surface area contributed by atoms with Crippen molar-refractivity contribution in [3.05, 3.63) is 70.8 Å². The summed E-state index contributed by atoms with van der Waals surface area (Å²) >= 11 is 6.27. The standard InChI is InChI=1S/C19H17ClN4O2/c20-16-5-1-3-13-9-23(10-15(13)16)7-8-24-11-17(22-12-24)18-14(19(25)26)4-2-6-21-18/h1-6,11-12H,7-10H2,(H,25,26). The molecule has 4 rings (SSSR count). The second-order valence-electron chi connectivity index (χ2n) is 6.29. The first-order valence-corrected chi connectivity index (χ1v) is 8.68. The van der Waals surface area contributed by atoms with Crippen molar-refractivity contribution in [1.82, 2.24) is 19.4 Å². The number of fused-ring (bicyclic) bond motifs is 1. The number of nitrogens with zero attached hydrogens (tertiary/aromatic N) is 4. The number of hydrogen-bond donors (Lipinski definition) is 1. The minimum absolute atomic E-state index is 0.155. The molecule has 0 unspecified atom stereocenters. The van der Waals surface area contributed by atoms with Gasteiger partial charge in [-0.2, -0.15) is 0 Å². The lowest BCUT2D eigenvalue weighted by atomic mass is 10.1. The number of benzene rings is 1. The molecule has 0 atom stereocenters. The summed E-state index contributed by atoms with van der Waals surface area (Å²) in [6.45, 7) is 3.35. The summed E-state index contributed by atoms with van der Waals surface area (Å²) < 4.78 is 1.96. The molecule has 0 bridgehead atoms. The van der Waals surface area contributed by atoms with E-state index < -0.39 is 5.97 Å². The van der Waals surface area contributed by atoms with Gasteiger partial charge in [-0.25, -0.2) is 9.78 Å². The smallest absolute Gasteiger partial charge is 0.337 e. The lowest BCUT2D eigenvalue weighted by molar-refractivity contribution is 0.0697. The molecular weight excluding hydrogens is 352 g/mol. The number of aromatic carboxylic acids is 1. The molecule has 6 nitrogen and oxygen atoms in total. The Morgan fingerprint density at radius 1 is 1.15 bits per heavy atom. The fraction of sp³-hybridized carbons (Fsp3) is 0.211. The molecule has 7 heteroatoms. The Bertz CT molecular complexity index is 970. The number of imidazole rings is 1. The van der Waals surface area contributed by atoms with Crippen LogP contribution in [0.1, 0.15) is 21.5 Å². The van der Waals surface area contributed by atoms with E-state index in [-0.39, 0.29) is 5.56 Å². The fourth-order valence-corrected chi connectivity index (χ4v) is 3.50. The van der Waals surface area contributed by atoms with Crippen molar-refractivity contribution in [2.45, 2.75) is 19.6 Å². The molecule has 0 spiro atoms. The summed E-state index contributed by atoms with van der Waals surface area (Å²) in [6, 6.07) is 9.18. The van der Waals surface area contributed by atoms with E-state index in [4.69, 9.17) is 11.6 Å². The van der Waals surface area contributed by atoms with Gasteiger partial charge in [0.2, 0.25) is 0 Å². The van der Waals surface area contributed by atoms with Gasteiger partial charge in [-0.1, -0.05) is 23.7 Å². The van der Waals surface area contributed by atoms with Gasteiger partial charge in [0.15, 0.2) is 0 Å². The number of halogens is 1. The largest absolute Gasteiger partial charge is 0.478 e. The molecule has 2 aromatic heterocycles. The molecule has 1 aromatic carbocycles. The summed E-state index contributed by atoms with van der Waals surface area (Å²) in [7, 11) is 0. The highest BCUT2D eigenvalue weighted by Gasteiger charge is 2.21. The zero-order chi connectivity index (χ0) is 18.1. The van der Waals surface area contributed by atoms with Crippen LogP contribution in [0.3, 0.4) is 0 Å². The van der Waals surface area contributed by atoms with Gasteiger partial charge in [0.05, 0.1) is 11.9 Å². The van der Waals surface area contributed by atoms with E-state index in [0.717, 1.165) is 31.2 Å². The van der Waals surface area contributed by atoms with E-state index in [1.54, 1.807) is 18.6 Å². The maximum absolute atomic E-state index is 11.3. The summed E-state index contributed by atoms with van der Waals surface area (Å²) in [6.07, 6.45) is 5.13. The zero-order valence-electron chi connectivity index (χ0n) is 14.0. The summed E-state index contributed by atoms with van der Waals surface area (Å²) in [5.41, 5.74) is 3.60. The highest BCUT2D eigenvalue weighted by Crippen LogP contribution is 2.28. The minimum Gasteiger partial charge on any atom is -0.478 e. The van der Waals surface area contributed by atoms with Gasteiger partial charge in [-0.05, 0) is 29.3 Å². The van der Waals surface area contributed by atoms with Gasteiger partial charge in [0.1, 0.15) is 11.4 Å². The first-order valence-electron chi connectivity index (χ1n) is 8.31. The first-order chi connectivity index (χ1) is 12.6. The predicted octanol–water partition coefficient (Wildman–Crippen LogP) is 3.31. The molecule has 3 aromatic rings. The molecule has 26 heavy (non-hydrogen) atoms. The lowest BCUT2D eigenvalue weighted by Crippen LogP contribution is -2.21. The summed E-state index contributed by atoms with van der Waals surface area (Å²) in [5.74, 6) is -1.01. The van der Waals surface area contributed by atoms with Crippen LogP contribution in [-0.4, -0.2) is 37.1 Å². The minimum atomic E-state index is -1.01. The second-order valence-corrected chi connectivity index (χ2v) is 6.70. The fourth-order valence-electron chi connectivity index (χ4n) is 3.25.